The summed E-state index contributed by atoms with van der Waals surface area (Å²) in [7, 11) is 0. The lowest BCUT2D eigenvalue weighted by Crippen LogP contribution is -2.31. The molecule has 4 heteroatoms. The van der Waals surface area contributed by atoms with E-state index in [1.54, 1.807) is 12.1 Å². The molecule has 0 radical (unpaired) electrons. The van der Waals surface area contributed by atoms with Crippen LogP contribution in [0.5, 0.6) is 5.75 Å². The van der Waals surface area contributed by atoms with Crippen molar-refractivity contribution in [2.24, 2.45) is 0 Å². The Morgan fingerprint density at radius 3 is 2.53 bits per heavy atom. The fraction of sp³-hybridized carbons (Fsp3) is 0.364. The third-order valence-electron chi connectivity index (χ3n) is 2.17. The third kappa shape index (κ3) is 4.35. The number of carboxylic acid groups (broad SMARTS) is 1. The average molecular weight is 209 g/mol. The van der Waals surface area contributed by atoms with Crippen LogP contribution in [0.25, 0.3) is 0 Å². The first kappa shape index (κ1) is 11.4. The van der Waals surface area contributed by atoms with E-state index < -0.39 is 6.09 Å². The molecule has 1 aromatic carbocycles. The second kappa shape index (κ2) is 5.24. The Balaban J connectivity index is 2.36. The number of phenolic OH excluding ortho intramolecular Hbond substituents is 1. The Kier molecular flexibility index (Phi) is 3.97. The molecule has 3 N–H and O–H groups in total. The zero-order valence-electron chi connectivity index (χ0n) is 8.60. The van der Waals surface area contributed by atoms with Gasteiger partial charge < -0.3 is 15.5 Å². The summed E-state index contributed by atoms with van der Waals surface area (Å²) in [5.74, 6) is 0.246. The summed E-state index contributed by atoms with van der Waals surface area (Å²) in [6.45, 7) is 1.83. The van der Waals surface area contributed by atoms with Crippen molar-refractivity contribution in [2.75, 3.05) is 0 Å². The van der Waals surface area contributed by atoms with E-state index in [1.165, 1.54) is 0 Å². The molecule has 15 heavy (non-hydrogen) atoms. The highest BCUT2D eigenvalue weighted by atomic mass is 16.4. The molecule has 0 aliphatic heterocycles. The van der Waals surface area contributed by atoms with E-state index in [-0.39, 0.29) is 11.8 Å². The molecular formula is C11H15NO3. The highest BCUT2D eigenvalue weighted by Gasteiger charge is 2.04. The Hall–Kier alpha value is -1.71. The predicted molar refractivity (Wildman–Crippen MR) is 57.1 cm³/mol. The average Bonchev–Trinajstić information content (AvgIpc) is 2.16. The first-order valence-corrected chi connectivity index (χ1v) is 4.85. The zero-order valence-corrected chi connectivity index (χ0v) is 8.60. The van der Waals surface area contributed by atoms with E-state index in [2.05, 4.69) is 5.32 Å². The summed E-state index contributed by atoms with van der Waals surface area (Å²) in [5, 5.41) is 19.9. The number of phenols is 1. The van der Waals surface area contributed by atoms with E-state index in [0.29, 0.717) is 0 Å². The molecule has 0 saturated heterocycles. The standard InChI is InChI=1S/C11H15NO3/c1-8(12-11(14)15)2-3-9-4-6-10(13)7-5-9/h4-8,12-13H,2-3H2,1H3,(H,14,15). The van der Waals surface area contributed by atoms with E-state index in [1.807, 2.05) is 19.1 Å². The van der Waals surface area contributed by atoms with Crippen molar-refractivity contribution < 1.29 is 15.0 Å². The van der Waals surface area contributed by atoms with Gasteiger partial charge in [0.1, 0.15) is 5.75 Å². The second-order valence-electron chi connectivity index (χ2n) is 3.56. The van der Waals surface area contributed by atoms with Gasteiger partial charge in [0.25, 0.3) is 0 Å². The first-order valence-electron chi connectivity index (χ1n) is 4.85. The van der Waals surface area contributed by atoms with E-state index in [0.717, 1.165) is 18.4 Å². The van der Waals surface area contributed by atoms with Crippen molar-refractivity contribution in [2.45, 2.75) is 25.8 Å². The van der Waals surface area contributed by atoms with Crippen LogP contribution in [0.1, 0.15) is 18.9 Å². The second-order valence-corrected chi connectivity index (χ2v) is 3.56. The number of hydrogen-bond donors (Lipinski definition) is 3. The van der Waals surface area contributed by atoms with Crippen molar-refractivity contribution in [1.82, 2.24) is 5.32 Å². The fourth-order valence-electron chi connectivity index (χ4n) is 1.33. The van der Waals surface area contributed by atoms with Gasteiger partial charge in [-0.05, 0) is 37.5 Å². The zero-order chi connectivity index (χ0) is 11.3. The summed E-state index contributed by atoms with van der Waals surface area (Å²) < 4.78 is 0. The number of rotatable bonds is 4. The van der Waals surface area contributed by atoms with Gasteiger partial charge in [-0.1, -0.05) is 12.1 Å². The fourth-order valence-corrected chi connectivity index (χ4v) is 1.33. The Labute approximate surface area is 88.6 Å². The van der Waals surface area contributed by atoms with E-state index in [4.69, 9.17) is 10.2 Å². The number of nitrogens with one attached hydrogen (secondary N) is 1. The minimum absolute atomic E-state index is 0.0590. The highest BCUT2D eigenvalue weighted by molar-refractivity contribution is 5.64. The molecule has 0 fully saturated rings. The van der Waals surface area contributed by atoms with Crippen molar-refractivity contribution in [3.8, 4) is 5.75 Å². The lowest BCUT2D eigenvalue weighted by atomic mass is 10.1. The van der Waals surface area contributed by atoms with Crippen LogP contribution in [0.3, 0.4) is 0 Å². The van der Waals surface area contributed by atoms with Crippen LogP contribution in [-0.2, 0) is 6.42 Å². The lowest BCUT2D eigenvalue weighted by Gasteiger charge is -2.10. The monoisotopic (exact) mass is 209 g/mol. The van der Waals surface area contributed by atoms with Crippen LogP contribution in [0.15, 0.2) is 24.3 Å². The predicted octanol–water partition coefficient (Wildman–Crippen LogP) is 1.98. The molecule has 1 aromatic rings. The van der Waals surface area contributed by atoms with Gasteiger partial charge in [-0.25, -0.2) is 4.79 Å². The lowest BCUT2D eigenvalue weighted by molar-refractivity contribution is 0.190. The van der Waals surface area contributed by atoms with Crippen molar-refractivity contribution in [3.63, 3.8) is 0 Å². The van der Waals surface area contributed by atoms with Gasteiger partial charge in [-0.3, -0.25) is 0 Å². The van der Waals surface area contributed by atoms with E-state index in [9.17, 15) is 4.79 Å². The van der Waals surface area contributed by atoms with Gasteiger partial charge in [0, 0.05) is 6.04 Å². The molecule has 0 heterocycles. The molecule has 82 valence electrons. The third-order valence-corrected chi connectivity index (χ3v) is 2.17. The van der Waals surface area contributed by atoms with Crippen molar-refractivity contribution in [3.05, 3.63) is 29.8 Å². The van der Waals surface area contributed by atoms with Crippen LogP contribution in [0, 0.1) is 0 Å². The molecule has 0 saturated carbocycles. The molecule has 1 rings (SSSR count). The molecule has 4 nitrogen and oxygen atoms in total. The van der Waals surface area contributed by atoms with Gasteiger partial charge in [0.15, 0.2) is 0 Å². The van der Waals surface area contributed by atoms with Crippen LogP contribution >= 0.6 is 0 Å². The minimum Gasteiger partial charge on any atom is -0.508 e. The van der Waals surface area contributed by atoms with Gasteiger partial charge in [-0.15, -0.1) is 0 Å². The number of amides is 1. The molecule has 0 aliphatic rings. The summed E-state index contributed by atoms with van der Waals surface area (Å²) in [6, 6.07) is 6.87. The first-order chi connectivity index (χ1) is 7.08. The summed E-state index contributed by atoms with van der Waals surface area (Å²) in [6.07, 6.45) is 0.548. The SMILES string of the molecule is CC(CCc1ccc(O)cc1)NC(=O)O. The Bertz CT molecular complexity index is 321. The van der Waals surface area contributed by atoms with Gasteiger partial charge in [0.2, 0.25) is 0 Å². The minimum atomic E-state index is -0.992. The number of benzene rings is 1. The van der Waals surface area contributed by atoms with Crippen molar-refractivity contribution >= 4 is 6.09 Å². The highest BCUT2D eigenvalue weighted by Crippen LogP contribution is 2.11. The smallest absolute Gasteiger partial charge is 0.404 e. The number of aromatic hydroxyl groups is 1. The number of hydrogen-bond acceptors (Lipinski definition) is 2. The molecule has 1 atom stereocenters. The van der Waals surface area contributed by atoms with Crippen molar-refractivity contribution in [1.29, 1.82) is 0 Å². The van der Waals surface area contributed by atoms with Gasteiger partial charge >= 0.3 is 6.09 Å². The summed E-state index contributed by atoms with van der Waals surface area (Å²) in [5.41, 5.74) is 1.09. The Morgan fingerprint density at radius 1 is 1.40 bits per heavy atom. The van der Waals surface area contributed by atoms with Gasteiger partial charge in [-0.2, -0.15) is 0 Å². The maximum absolute atomic E-state index is 10.3. The Morgan fingerprint density at radius 2 is 2.00 bits per heavy atom. The van der Waals surface area contributed by atoms with Crippen LogP contribution in [-0.4, -0.2) is 22.3 Å². The largest absolute Gasteiger partial charge is 0.508 e. The molecule has 0 bridgehead atoms. The molecule has 1 unspecified atom stereocenters. The number of aryl methyl sites for hydroxylation is 1. The molecule has 1 amide bonds. The maximum atomic E-state index is 10.3. The van der Waals surface area contributed by atoms with E-state index >= 15 is 0 Å². The van der Waals surface area contributed by atoms with Crippen LogP contribution < -0.4 is 5.32 Å². The summed E-state index contributed by atoms with van der Waals surface area (Å²) in [4.78, 5) is 10.3. The summed E-state index contributed by atoms with van der Waals surface area (Å²) >= 11 is 0. The number of carbonyl (C=O) groups is 1. The topological polar surface area (TPSA) is 69.6 Å². The molecule has 0 spiro atoms. The normalized spacial score (nSPS) is 12.1. The molecule has 0 aromatic heterocycles. The molecular weight excluding hydrogens is 194 g/mol. The molecule has 0 aliphatic carbocycles. The maximum Gasteiger partial charge on any atom is 0.404 e. The van der Waals surface area contributed by atoms with Crippen LogP contribution in [0.4, 0.5) is 4.79 Å². The van der Waals surface area contributed by atoms with Crippen LogP contribution in [0.2, 0.25) is 0 Å². The quantitative estimate of drug-likeness (QED) is 0.710. The van der Waals surface area contributed by atoms with Gasteiger partial charge in [0.05, 0.1) is 0 Å².